The molecule has 0 spiro atoms. The summed E-state index contributed by atoms with van der Waals surface area (Å²) in [5.74, 6) is 0. The number of nitrogens with zero attached hydrogens (tertiary/aromatic N) is 1. The Hall–Kier alpha value is -2.59. The van der Waals surface area contributed by atoms with Gasteiger partial charge in [0.2, 0.25) is 0 Å². The highest BCUT2D eigenvalue weighted by Crippen LogP contribution is 2.33. The SMILES string of the molecule is CC(C)(CN1CC=C(c2cccc(C(F)(F)F)c2)CC1)c1ccc2ccccc2c1. The standard InChI is InChI=1S/C26H26F3N/c1-25(2,23-11-10-19-6-3-4-7-21(19)16-23)18-30-14-12-20(13-15-30)22-8-5-9-24(17-22)26(27,28)29/h3-12,16-17H,13-15,18H2,1-2H3. The number of hydrogen-bond acceptors (Lipinski definition) is 1. The van der Waals surface area contributed by atoms with Crippen molar-refractivity contribution in [2.45, 2.75) is 31.9 Å². The van der Waals surface area contributed by atoms with Crippen LogP contribution in [0.1, 0.15) is 37.0 Å². The van der Waals surface area contributed by atoms with Gasteiger partial charge in [-0.15, -0.1) is 0 Å². The largest absolute Gasteiger partial charge is 0.416 e. The lowest BCUT2D eigenvalue weighted by atomic mass is 9.82. The van der Waals surface area contributed by atoms with Crippen LogP contribution in [0.4, 0.5) is 13.2 Å². The van der Waals surface area contributed by atoms with Crippen molar-refractivity contribution >= 4 is 16.3 Å². The molecule has 1 heterocycles. The molecule has 0 aliphatic carbocycles. The van der Waals surface area contributed by atoms with Crippen molar-refractivity contribution in [3.8, 4) is 0 Å². The van der Waals surface area contributed by atoms with Gasteiger partial charge in [0.15, 0.2) is 0 Å². The minimum absolute atomic E-state index is 0.0222. The number of rotatable bonds is 4. The average molecular weight is 409 g/mol. The zero-order valence-corrected chi connectivity index (χ0v) is 17.3. The summed E-state index contributed by atoms with van der Waals surface area (Å²) < 4.78 is 39.0. The molecule has 0 atom stereocenters. The maximum atomic E-state index is 13.0. The second-order valence-electron chi connectivity index (χ2n) is 8.74. The van der Waals surface area contributed by atoms with Crippen LogP contribution in [0, 0.1) is 0 Å². The van der Waals surface area contributed by atoms with Gasteiger partial charge in [-0.1, -0.05) is 74.5 Å². The van der Waals surface area contributed by atoms with Crippen molar-refractivity contribution in [3.05, 3.63) is 89.5 Å². The minimum Gasteiger partial charge on any atom is -0.298 e. The zero-order chi connectivity index (χ0) is 21.4. The molecular weight excluding hydrogens is 383 g/mol. The summed E-state index contributed by atoms with van der Waals surface area (Å²) in [6.45, 7) is 7.01. The van der Waals surface area contributed by atoms with E-state index in [0.29, 0.717) is 5.56 Å². The molecule has 0 amide bonds. The first-order valence-electron chi connectivity index (χ1n) is 10.3. The highest BCUT2D eigenvalue weighted by atomic mass is 19.4. The van der Waals surface area contributed by atoms with Crippen LogP contribution in [0.15, 0.2) is 72.8 Å². The van der Waals surface area contributed by atoms with E-state index >= 15 is 0 Å². The molecule has 0 bridgehead atoms. The Balaban J connectivity index is 1.47. The Labute approximate surface area is 175 Å². The zero-order valence-electron chi connectivity index (χ0n) is 17.3. The van der Waals surface area contributed by atoms with Crippen molar-refractivity contribution in [3.63, 3.8) is 0 Å². The van der Waals surface area contributed by atoms with Gasteiger partial charge in [-0.25, -0.2) is 0 Å². The van der Waals surface area contributed by atoms with Crippen LogP contribution in [0.3, 0.4) is 0 Å². The second kappa shape index (κ2) is 7.92. The molecule has 1 aliphatic rings. The Kier molecular flexibility index (Phi) is 5.46. The van der Waals surface area contributed by atoms with Gasteiger partial charge in [0.1, 0.15) is 0 Å². The maximum Gasteiger partial charge on any atom is 0.416 e. The Morgan fingerprint density at radius 2 is 1.60 bits per heavy atom. The smallest absolute Gasteiger partial charge is 0.298 e. The maximum absolute atomic E-state index is 13.0. The molecule has 0 saturated carbocycles. The fourth-order valence-electron chi connectivity index (χ4n) is 4.27. The lowest BCUT2D eigenvalue weighted by Crippen LogP contribution is -2.39. The molecule has 1 nitrogen and oxygen atoms in total. The summed E-state index contributed by atoms with van der Waals surface area (Å²) in [6, 6.07) is 20.7. The molecular formula is C26H26F3N. The van der Waals surface area contributed by atoms with Crippen LogP contribution in [-0.4, -0.2) is 24.5 Å². The number of benzene rings is 3. The summed E-state index contributed by atoms with van der Waals surface area (Å²) in [6.07, 6.45) is -1.47. The van der Waals surface area contributed by atoms with Gasteiger partial charge in [-0.2, -0.15) is 13.2 Å². The summed E-state index contributed by atoms with van der Waals surface area (Å²) in [7, 11) is 0. The number of fused-ring (bicyclic) bond motifs is 1. The number of alkyl halides is 3. The topological polar surface area (TPSA) is 3.24 Å². The van der Waals surface area contributed by atoms with E-state index in [0.717, 1.165) is 37.7 Å². The quantitative estimate of drug-likeness (QED) is 0.452. The van der Waals surface area contributed by atoms with Gasteiger partial charge in [-0.3, -0.25) is 4.90 Å². The van der Waals surface area contributed by atoms with Crippen molar-refractivity contribution in [1.82, 2.24) is 4.90 Å². The van der Waals surface area contributed by atoms with E-state index in [1.807, 2.05) is 0 Å². The fraction of sp³-hybridized carbons (Fsp3) is 0.308. The normalized spacial score (nSPS) is 16.0. The van der Waals surface area contributed by atoms with Gasteiger partial charge in [0, 0.05) is 25.0 Å². The predicted octanol–water partition coefficient (Wildman–Crippen LogP) is 6.93. The van der Waals surface area contributed by atoms with Gasteiger partial charge in [0.05, 0.1) is 5.56 Å². The number of halogens is 3. The van der Waals surface area contributed by atoms with Gasteiger partial charge < -0.3 is 0 Å². The Morgan fingerprint density at radius 3 is 2.30 bits per heavy atom. The Morgan fingerprint density at radius 1 is 0.833 bits per heavy atom. The van der Waals surface area contributed by atoms with Gasteiger partial charge in [-0.05, 0) is 46.0 Å². The molecule has 156 valence electrons. The fourth-order valence-corrected chi connectivity index (χ4v) is 4.27. The lowest BCUT2D eigenvalue weighted by Gasteiger charge is -2.35. The molecule has 4 rings (SSSR count). The van der Waals surface area contributed by atoms with Crippen LogP contribution in [0.5, 0.6) is 0 Å². The van der Waals surface area contributed by atoms with Crippen molar-refractivity contribution < 1.29 is 13.2 Å². The second-order valence-corrected chi connectivity index (χ2v) is 8.74. The average Bonchev–Trinajstić information content (AvgIpc) is 2.73. The van der Waals surface area contributed by atoms with Gasteiger partial charge in [0.25, 0.3) is 0 Å². The third-order valence-electron chi connectivity index (χ3n) is 6.00. The minimum atomic E-state index is -4.30. The molecule has 0 N–H and O–H groups in total. The van der Waals surface area contributed by atoms with Crippen molar-refractivity contribution in [2.24, 2.45) is 0 Å². The van der Waals surface area contributed by atoms with E-state index in [2.05, 4.69) is 67.3 Å². The van der Waals surface area contributed by atoms with Crippen LogP contribution in [-0.2, 0) is 11.6 Å². The van der Waals surface area contributed by atoms with E-state index in [4.69, 9.17) is 0 Å². The molecule has 0 radical (unpaired) electrons. The molecule has 30 heavy (non-hydrogen) atoms. The molecule has 3 aromatic rings. The molecule has 4 heteroatoms. The van der Waals surface area contributed by atoms with Crippen LogP contribution >= 0.6 is 0 Å². The third-order valence-corrected chi connectivity index (χ3v) is 6.00. The highest BCUT2D eigenvalue weighted by molar-refractivity contribution is 5.83. The predicted molar refractivity (Wildman–Crippen MR) is 117 cm³/mol. The molecule has 0 saturated heterocycles. The third kappa shape index (κ3) is 4.44. The van der Waals surface area contributed by atoms with E-state index in [1.165, 1.54) is 28.5 Å². The van der Waals surface area contributed by atoms with E-state index in [1.54, 1.807) is 6.07 Å². The lowest BCUT2D eigenvalue weighted by molar-refractivity contribution is -0.137. The molecule has 0 fully saturated rings. The van der Waals surface area contributed by atoms with E-state index < -0.39 is 11.7 Å². The van der Waals surface area contributed by atoms with Gasteiger partial charge >= 0.3 is 6.18 Å². The van der Waals surface area contributed by atoms with Crippen molar-refractivity contribution in [1.29, 1.82) is 0 Å². The summed E-state index contributed by atoms with van der Waals surface area (Å²) >= 11 is 0. The first-order valence-corrected chi connectivity index (χ1v) is 10.3. The van der Waals surface area contributed by atoms with Crippen LogP contribution in [0.2, 0.25) is 0 Å². The first kappa shape index (κ1) is 20.7. The summed E-state index contributed by atoms with van der Waals surface area (Å²) in [5, 5.41) is 2.48. The van der Waals surface area contributed by atoms with E-state index in [-0.39, 0.29) is 5.41 Å². The summed E-state index contributed by atoms with van der Waals surface area (Å²) in [4.78, 5) is 2.38. The molecule has 3 aromatic carbocycles. The highest BCUT2D eigenvalue weighted by Gasteiger charge is 2.31. The number of hydrogen-bond donors (Lipinski definition) is 0. The Bertz CT molecular complexity index is 1080. The molecule has 0 aromatic heterocycles. The van der Waals surface area contributed by atoms with Crippen LogP contribution < -0.4 is 0 Å². The molecule has 1 aliphatic heterocycles. The molecule has 0 unspecified atom stereocenters. The van der Waals surface area contributed by atoms with E-state index in [9.17, 15) is 13.2 Å². The summed E-state index contributed by atoms with van der Waals surface area (Å²) in [5.41, 5.74) is 2.37. The monoisotopic (exact) mass is 409 g/mol. The van der Waals surface area contributed by atoms with Crippen molar-refractivity contribution in [2.75, 3.05) is 19.6 Å². The first-order chi connectivity index (χ1) is 14.2. The van der Waals surface area contributed by atoms with Crippen LogP contribution in [0.25, 0.3) is 16.3 Å².